The minimum atomic E-state index is -1.54. The van der Waals surface area contributed by atoms with E-state index >= 15 is 0 Å². The first kappa shape index (κ1) is 24.7. The maximum absolute atomic E-state index is 13.6. The number of piperidine rings is 1. The maximum atomic E-state index is 13.6. The Morgan fingerprint density at radius 1 is 0.929 bits per heavy atom. The predicted molar refractivity (Wildman–Crippen MR) is 157 cm³/mol. The molecule has 6 aromatic rings. The molecule has 4 aromatic heterocycles. The number of ketones is 1. The highest BCUT2D eigenvalue weighted by atomic mass is 16.3. The van der Waals surface area contributed by atoms with Gasteiger partial charge >= 0.3 is 5.69 Å². The van der Waals surface area contributed by atoms with Gasteiger partial charge in [0.25, 0.3) is 5.91 Å². The second-order valence-electron chi connectivity index (χ2n) is 11.2. The summed E-state index contributed by atoms with van der Waals surface area (Å²) < 4.78 is 3.33. The number of nitrogens with zero attached hydrogens (tertiary/aromatic N) is 5. The summed E-state index contributed by atoms with van der Waals surface area (Å²) in [5.41, 5.74) is 7.63. The molecule has 0 radical (unpaired) electrons. The van der Waals surface area contributed by atoms with E-state index in [2.05, 4.69) is 27.1 Å². The lowest BCUT2D eigenvalue weighted by Crippen LogP contribution is -2.42. The third kappa shape index (κ3) is 3.51. The van der Waals surface area contributed by atoms with Crippen LogP contribution in [0.1, 0.15) is 24.3 Å². The number of fused-ring (bicyclic) bond motifs is 5. The Bertz CT molecular complexity index is 2140. The van der Waals surface area contributed by atoms with Crippen LogP contribution in [0.15, 0.2) is 78.0 Å². The second-order valence-corrected chi connectivity index (χ2v) is 11.2. The average molecular weight is 559 g/mol. The Hall–Kier alpha value is -5.09. The van der Waals surface area contributed by atoms with Gasteiger partial charge in [0.05, 0.1) is 45.5 Å². The van der Waals surface area contributed by atoms with Gasteiger partial charge in [0, 0.05) is 36.9 Å². The van der Waals surface area contributed by atoms with Gasteiger partial charge in [-0.15, -0.1) is 0 Å². The molecule has 8 rings (SSSR count). The number of Topliss-reactive ketones (excluding diaryl/α,β-unsaturated/α-hetero) is 1. The number of aryl methyl sites for hydroxylation is 1. The quantitative estimate of drug-likeness (QED) is 0.321. The van der Waals surface area contributed by atoms with Crippen LogP contribution in [0.5, 0.6) is 0 Å². The number of rotatable bonds is 3. The van der Waals surface area contributed by atoms with E-state index in [0.717, 1.165) is 55.3 Å². The molecule has 2 aliphatic rings. The number of benzene rings is 2. The van der Waals surface area contributed by atoms with Crippen molar-refractivity contribution in [3.05, 3.63) is 89.2 Å². The molecule has 2 fully saturated rings. The van der Waals surface area contributed by atoms with Crippen LogP contribution >= 0.6 is 0 Å². The van der Waals surface area contributed by atoms with Gasteiger partial charge in [-0.3, -0.25) is 28.7 Å². The third-order valence-electron chi connectivity index (χ3n) is 8.96. The molecule has 0 saturated carbocycles. The van der Waals surface area contributed by atoms with E-state index in [1.54, 1.807) is 22.4 Å². The van der Waals surface area contributed by atoms with Crippen LogP contribution in [0.2, 0.25) is 0 Å². The number of hydrogen-bond donors (Lipinski definition) is 2. The van der Waals surface area contributed by atoms with Crippen molar-refractivity contribution in [1.29, 1.82) is 0 Å². The summed E-state index contributed by atoms with van der Waals surface area (Å²) in [5.74, 6) is -0.822. The van der Waals surface area contributed by atoms with Crippen LogP contribution in [0, 0.1) is 0 Å². The SMILES string of the molecule is Cn1c(=O)n(-c2ccc(C3CCN4C(=O)[C@@H](O)C(=O)C4C3)cc2)c2c3cc(-c4cnc5cc[nH]c5c4)ccc3ncc21. The molecule has 208 valence electrons. The predicted octanol–water partition coefficient (Wildman–Crippen LogP) is 3.44. The van der Waals surface area contributed by atoms with Crippen LogP contribution in [0.4, 0.5) is 0 Å². The summed E-state index contributed by atoms with van der Waals surface area (Å²) in [6.07, 6.45) is 5.10. The highest BCUT2D eigenvalue weighted by molar-refractivity contribution is 6.13. The van der Waals surface area contributed by atoms with Gasteiger partial charge in [-0.25, -0.2) is 4.79 Å². The van der Waals surface area contributed by atoms with Gasteiger partial charge in [0.15, 0.2) is 11.9 Å². The van der Waals surface area contributed by atoms with Gasteiger partial charge in [0.2, 0.25) is 0 Å². The number of nitrogens with one attached hydrogen (secondary N) is 1. The van der Waals surface area contributed by atoms with Gasteiger partial charge in [-0.1, -0.05) is 18.2 Å². The van der Waals surface area contributed by atoms with E-state index in [4.69, 9.17) is 0 Å². The molecule has 0 bridgehead atoms. The van der Waals surface area contributed by atoms with Gasteiger partial charge in [-0.05, 0) is 66.3 Å². The zero-order valence-corrected chi connectivity index (χ0v) is 22.7. The summed E-state index contributed by atoms with van der Waals surface area (Å²) in [6, 6.07) is 17.3. The molecule has 10 nitrogen and oxygen atoms in total. The van der Waals surface area contributed by atoms with Gasteiger partial charge in [0.1, 0.15) is 0 Å². The Labute approximate surface area is 238 Å². The number of H-pyrrole nitrogens is 1. The van der Waals surface area contributed by atoms with Crippen molar-refractivity contribution in [3.63, 3.8) is 0 Å². The second kappa shape index (κ2) is 8.95. The van der Waals surface area contributed by atoms with Crippen molar-refractivity contribution in [1.82, 2.24) is 29.0 Å². The number of aliphatic hydroxyl groups excluding tert-OH is 1. The third-order valence-corrected chi connectivity index (χ3v) is 8.96. The van der Waals surface area contributed by atoms with Crippen molar-refractivity contribution in [2.75, 3.05) is 6.54 Å². The standard InChI is InChI=1S/C32H26N6O4/c1-36-27-16-35-23-7-4-18(20-13-25-24(34-15-20)8-10-33-25)12-22(23)28(27)38(32(36)42)21-5-2-17(3-6-21)19-9-11-37-26(14-19)29(39)30(40)31(37)41/h2-8,10,12-13,15-16,19,26,30,33,40H,9,11,14H2,1H3/t19?,26?,30-/m0/s1. The summed E-state index contributed by atoms with van der Waals surface area (Å²) in [6.45, 7) is 0.440. The van der Waals surface area contributed by atoms with Gasteiger partial charge < -0.3 is 15.0 Å². The summed E-state index contributed by atoms with van der Waals surface area (Å²) >= 11 is 0. The zero-order chi connectivity index (χ0) is 28.7. The van der Waals surface area contributed by atoms with E-state index in [0.29, 0.717) is 19.4 Å². The van der Waals surface area contributed by atoms with Crippen molar-refractivity contribution in [3.8, 4) is 16.8 Å². The monoisotopic (exact) mass is 558 g/mol. The number of aromatic amines is 1. The molecule has 42 heavy (non-hydrogen) atoms. The molecule has 2 saturated heterocycles. The fourth-order valence-electron chi connectivity index (χ4n) is 6.67. The molecule has 3 atom stereocenters. The van der Waals surface area contributed by atoms with Crippen LogP contribution in [0.25, 0.3) is 49.8 Å². The lowest BCUT2D eigenvalue weighted by atomic mass is 9.85. The van der Waals surface area contributed by atoms with E-state index in [1.807, 2.05) is 54.9 Å². The molecule has 10 heteroatoms. The first-order chi connectivity index (χ1) is 20.4. The highest BCUT2D eigenvalue weighted by Crippen LogP contribution is 2.36. The summed E-state index contributed by atoms with van der Waals surface area (Å²) in [5, 5.41) is 10.8. The summed E-state index contributed by atoms with van der Waals surface area (Å²) in [4.78, 5) is 52.1. The number of imidazole rings is 1. The van der Waals surface area contributed by atoms with Crippen molar-refractivity contribution in [2.24, 2.45) is 7.05 Å². The summed E-state index contributed by atoms with van der Waals surface area (Å²) in [7, 11) is 1.75. The van der Waals surface area contributed by atoms with Crippen molar-refractivity contribution >= 4 is 44.7 Å². The Kier molecular flexibility index (Phi) is 5.26. The Balaban J connectivity index is 1.20. The van der Waals surface area contributed by atoms with E-state index < -0.39 is 23.8 Å². The van der Waals surface area contributed by atoms with Crippen LogP contribution < -0.4 is 5.69 Å². The molecule has 2 aliphatic heterocycles. The minimum absolute atomic E-state index is 0.0739. The number of amides is 1. The number of aromatic nitrogens is 5. The first-order valence-electron chi connectivity index (χ1n) is 14.0. The minimum Gasteiger partial charge on any atom is -0.376 e. The maximum Gasteiger partial charge on any atom is 0.333 e. The lowest BCUT2D eigenvalue weighted by Gasteiger charge is -2.33. The fourth-order valence-corrected chi connectivity index (χ4v) is 6.67. The first-order valence-corrected chi connectivity index (χ1v) is 14.0. The number of pyridine rings is 2. The van der Waals surface area contributed by atoms with Gasteiger partial charge in [-0.2, -0.15) is 0 Å². The van der Waals surface area contributed by atoms with Crippen molar-refractivity contribution in [2.45, 2.75) is 30.9 Å². The van der Waals surface area contributed by atoms with E-state index in [9.17, 15) is 19.5 Å². The highest BCUT2D eigenvalue weighted by Gasteiger charge is 2.48. The normalized spacial score (nSPS) is 20.7. The number of hydrogen-bond acceptors (Lipinski definition) is 6. The zero-order valence-electron chi connectivity index (χ0n) is 22.7. The van der Waals surface area contributed by atoms with E-state index in [1.165, 1.54) is 4.90 Å². The van der Waals surface area contributed by atoms with Crippen LogP contribution in [0.3, 0.4) is 0 Å². The molecule has 2 aromatic carbocycles. The topological polar surface area (TPSA) is 126 Å². The van der Waals surface area contributed by atoms with Crippen molar-refractivity contribution < 1.29 is 14.7 Å². The lowest BCUT2D eigenvalue weighted by molar-refractivity contribution is -0.137. The Morgan fingerprint density at radius 3 is 2.57 bits per heavy atom. The smallest absolute Gasteiger partial charge is 0.333 e. The molecule has 2 unspecified atom stereocenters. The van der Waals surface area contributed by atoms with E-state index in [-0.39, 0.29) is 11.6 Å². The fraction of sp³-hybridized carbons (Fsp3) is 0.219. The number of carbonyl (C=O) groups is 2. The molecule has 0 aliphatic carbocycles. The Morgan fingerprint density at radius 2 is 1.74 bits per heavy atom. The number of aliphatic hydroxyl groups is 1. The molecule has 0 spiro atoms. The average Bonchev–Trinajstić information content (AvgIpc) is 3.66. The number of carbonyl (C=O) groups excluding carboxylic acids is 2. The molecule has 2 N–H and O–H groups in total. The van der Waals surface area contributed by atoms with Crippen LogP contribution in [-0.2, 0) is 16.6 Å². The molecule has 1 amide bonds. The molecule has 6 heterocycles. The largest absolute Gasteiger partial charge is 0.376 e. The van der Waals surface area contributed by atoms with Crippen LogP contribution in [-0.4, -0.2) is 64.5 Å². The molecular formula is C32H26N6O4. The molecular weight excluding hydrogens is 532 g/mol.